The van der Waals surface area contributed by atoms with E-state index in [-0.39, 0.29) is 5.91 Å². The fourth-order valence-electron chi connectivity index (χ4n) is 3.11. The van der Waals surface area contributed by atoms with Crippen LogP contribution in [0.4, 0.5) is 5.69 Å². The highest BCUT2D eigenvalue weighted by Crippen LogP contribution is 2.32. The maximum Gasteiger partial charge on any atom is 0.257 e. The van der Waals surface area contributed by atoms with Gasteiger partial charge in [-0.25, -0.2) is 0 Å². The minimum absolute atomic E-state index is 0.152. The summed E-state index contributed by atoms with van der Waals surface area (Å²) < 4.78 is 11.3. The van der Waals surface area contributed by atoms with E-state index in [1.807, 2.05) is 43.3 Å². The van der Waals surface area contributed by atoms with E-state index in [0.29, 0.717) is 36.0 Å². The molecule has 0 radical (unpaired) electrons. The molecule has 0 fully saturated rings. The van der Waals surface area contributed by atoms with Crippen molar-refractivity contribution in [3.05, 3.63) is 53.2 Å². The number of aromatic nitrogens is 1. The molecule has 1 aliphatic rings. The lowest BCUT2D eigenvalue weighted by Crippen LogP contribution is -2.12. The molecule has 0 aliphatic carbocycles. The molecule has 4 rings (SSSR count). The van der Waals surface area contributed by atoms with Crippen LogP contribution in [0.5, 0.6) is 11.5 Å². The number of anilines is 1. The van der Waals surface area contributed by atoms with Gasteiger partial charge < -0.3 is 19.8 Å². The Morgan fingerprint density at radius 2 is 1.88 bits per heavy atom. The first-order valence-electron chi connectivity index (χ1n) is 8.42. The maximum absolute atomic E-state index is 12.8. The van der Waals surface area contributed by atoms with Crippen molar-refractivity contribution in [1.82, 2.24) is 4.98 Å². The summed E-state index contributed by atoms with van der Waals surface area (Å²) in [6, 6.07) is 11.2. The molecule has 1 aliphatic heterocycles. The van der Waals surface area contributed by atoms with Crippen molar-refractivity contribution in [1.29, 1.82) is 0 Å². The molecule has 2 heterocycles. The number of nitrogens with one attached hydrogen (secondary N) is 2. The van der Waals surface area contributed by atoms with E-state index in [0.717, 1.165) is 23.0 Å². The molecule has 0 unspecified atom stereocenters. The second-order valence-electron chi connectivity index (χ2n) is 6.27. The molecule has 0 spiro atoms. The largest absolute Gasteiger partial charge is 0.490 e. The number of amides is 1. The standard InChI is InChI=1S/C20H20N2O3/c1-12-13(2)21-19-15(12)5-3-6-16(19)20(23)22-14-7-8-17-18(11-14)25-10-4-9-24-17/h3,5-8,11,21H,4,9-10H2,1-2H3,(H,22,23). The van der Waals surface area contributed by atoms with Crippen LogP contribution < -0.4 is 14.8 Å². The van der Waals surface area contributed by atoms with Gasteiger partial charge in [-0.3, -0.25) is 4.79 Å². The van der Waals surface area contributed by atoms with Crippen LogP contribution in [0, 0.1) is 13.8 Å². The van der Waals surface area contributed by atoms with Crippen molar-refractivity contribution in [3.63, 3.8) is 0 Å². The van der Waals surface area contributed by atoms with Crippen LogP contribution in [0.3, 0.4) is 0 Å². The minimum Gasteiger partial charge on any atom is -0.490 e. The van der Waals surface area contributed by atoms with Crippen molar-refractivity contribution in [2.45, 2.75) is 20.3 Å². The summed E-state index contributed by atoms with van der Waals surface area (Å²) in [6.07, 6.45) is 0.851. The summed E-state index contributed by atoms with van der Waals surface area (Å²) in [5, 5.41) is 4.03. The Hall–Kier alpha value is -2.95. The highest BCUT2D eigenvalue weighted by atomic mass is 16.5. The number of fused-ring (bicyclic) bond motifs is 2. The highest BCUT2D eigenvalue weighted by molar-refractivity contribution is 6.12. The number of hydrogen-bond acceptors (Lipinski definition) is 3. The maximum atomic E-state index is 12.8. The van der Waals surface area contributed by atoms with Gasteiger partial charge in [0.25, 0.3) is 5.91 Å². The van der Waals surface area contributed by atoms with Gasteiger partial charge in [-0.1, -0.05) is 12.1 Å². The number of para-hydroxylation sites is 1. The van der Waals surface area contributed by atoms with Crippen molar-refractivity contribution in [2.75, 3.05) is 18.5 Å². The summed E-state index contributed by atoms with van der Waals surface area (Å²) in [5.74, 6) is 1.23. The Bertz CT molecular complexity index is 959. The molecule has 0 bridgehead atoms. The van der Waals surface area contributed by atoms with E-state index in [4.69, 9.17) is 9.47 Å². The number of H-pyrrole nitrogens is 1. The summed E-state index contributed by atoms with van der Waals surface area (Å²) in [6.45, 7) is 5.33. The summed E-state index contributed by atoms with van der Waals surface area (Å²) in [7, 11) is 0. The van der Waals surface area contributed by atoms with Crippen molar-refractivity contribution < 1.29 is 14.3 Å². The van der Waals surface area contributed by atoms with Crippen LogP contribution in [-0.4, -0.2) is 24.1 Å². The molecule has 128 valence electrons. The zero-order valence-electron chi connectivity index (χ0n) is 14.3. The zero-order valence-corrected chi connectivity index (χ0v) is 14.3. The van der Waals surface area contributed by atoms with E-state index in [1.165, 1.54) is 5.56 Å². The molecule has 0 saturated carbocycles. The molecule has 0 saturated heterocycles. The second-order valence-corrected chi connectivity index (χ2v) is 6.27. The van der Waals surface area contributed by atoms with Gasteiger partial charge in [0.2, 0.25) is 0 Å². The molecule has 2 N–H and O–H groups in total. The SMILES string of the molecule is Cc1[nH]c2c(C(=O)Nc3ccc4c(c3)OCCCO4)cccc2c1C. The molecule has 5 nitrogen and oxygen atoms in total. The van der Waals surface area contributed by atoms with Gasteiger partial charge >= 0.3 is 0 Å². The van der Waals surface area contributed by atoms with Gasteiger partial charge in [0.15, 0.2) is 11.5 Å². The van der Waals surface area contributed by atoms with Gasteiger partial charge in [-0.05, 0) is 37.6 Å². The van der Waals surface area contributed by atoms with E-state index >= 15 is 0 Å². The van der Waals surface area contributed by atoms with Crippen LogP contribution in [-0.2, 0) is 0 Å². The van der Waals surface area contributed by atoms with Gasteiger partial charge in [-0.2, -0.15) is 0 Å². The topological polar surface area (TPSA) is 63.4 Å². The van der Waals surface area contributed by atoms with Crippen LogP contribution in [0.15, 0.2) is 36.4 Å². The van der Waals surface area contributed by atoms with Crippen LogP contribution in [0.25, 0.3) is 10.9 Å². The van der Waals surface area contributed by atoms with E-state index in [2.05, 4.69) is 17.2 Å². The van der Waals surface area contributed by atoms with Crippen molar-refractivity contribution in [2.24, 2.45) is 0 Å². The molecule has 1 aromatic heterocycles. The second kappa shape index (κ2) is 6.16. The average molecular weight is 336 g/mol. The third-order valence-corrected chi connectivity index (χ3v) is 4.59. The first-order chi connectivity index (χ1) is 12.1. The Kier molecular flexibility index (Phi) is 3.84. The number of ether oxygens (including phenoxy) is 2. The smallest absolute Gasteiger partial charge is 0.257 e. The fraction of sp³-hybridized carbons (Fsp3) is 0.250. The van der Waals surface area contributed by atoms with Crippen LogP contribution >= 0.6 is 0 Å². The number of benzene rings is 2. The Labute approximate surface area is 146 Å². The monoisotopic (exact) mass is 336 g/mol. The predicted molar refractivity (Wildman–Crippen MR) is 97.8 cm³/mol. The van der Waals surface area contributed by atoms with Crippen LogP contribution in [0.2, 0.25) is 0 Å². The Balaban J connectivity index is 1.65. The predicted octanol–water partition coefficient (Wildman–Crippen LogP) is 4.20. The summed E-state index contributed by atoms with van der Waals surface area (Å²) in [4.78, 5) is 16.1. The molecular formula is C20H20N2O3. The molecule has 3 aromatic rings. The number of carbonyl (C=O) groups is 1. The molecule has 2 aromatic carbocycles. The minimum atomic E-state index is -0.152. The molecular weight excluding hydrogens is 316 g/mol. The van der Waals surface area contributed by atoms with Crippen molar-refractivity contribution in [3.8, 4) is 11.5 Å². The van der Waals surface area contributed by atoms with Crippen LogP contribution in [0.1, 0.15) is 28.0 Å². The number of hydrogen-bond donors (Lipinski definition) is 2. The lowest BCUT2D eigenvalue weighted by atomic mass is 10.1. The molecule has 1 amide bonds. The quantitative estimate of drug-likeness (QED) is 0.737. The van der Waals surface area contributed by atoms with E-state index in [9.17, 15) is 4.79 Å². The number of rotatable bonds is 2. The number of aryl methyl sites for hydroxylation is 2. The molecule has 25 heavy (non-hydrogen) atoms. The average Bonchev–Trinajstić information content (AvgIpc) is 2.78. The third kappa shape index (κ3) is 2.82. The fourth-order valence-corrected chi connectivity index (χ4v) is 3.11. The highest BCUT2D eigenvalue weighted by Gasteiger charge is 2.16. The van der Waals surface area contributed by atoms with Gasteiger partial charge in [0.05, 0.1) is 24.3 Å². The first kappa shape index (κ1) is 15.6. The van der Waals surface area contributed by atoms with Gasteiger partial charge in [0, 0.05) is 29.3 Å². The summed E-state index contributed by atoms with van der Waals surface area (Å²) in [5.41, 5.74) is 4.42. The Morgan fingerprint density at radius 3 is 2.72 bits per heavy atom. The van der Waals surface area contributed by atoms with Gasteiger partial charge in [-0.15, -0.1) is 0 Å². The third-order valence-electron chi connectivity index (χ3n) is 4.59. The summed E-state index contributed by atoms with van der Waals surface area (Å²) >= 11 is 0. The number of aromatic amines is 1. The normalized spacial score (nSPS) is 13.5. The van der Waals surface area contributed by atoms with E-state index < -0.39 is 0 Å². The number of carbonyl (C=O) groups excluding carboxylic acids is 1. The van der Waals surface area contributed by atoms with Gasteiger partial charge in [0.1, 0.15) is 0 Å². The molecule has 0 atom stereocenters. The lowest BCUT2D eigenvalue weighted by Gasteiger charge is -2.11. The van der Waals surface area contributed by atoms with Crippen molar-refractivity contribution >= 4 is 22.5 Å². The lowest BCUT2D eigenvalue weighted by molar-refractivity contribution is 0.102. The Morgan fingerprint density at radius 1 is 1.08 bits per heavy atom. The zero-order chi connectivity index (χ0) is 17.4. The van der Waals surface area contributed by atoms with E-state index in [1.54, 1.807) is 0 Å². The molecule has 5 heteroatoms. The first-order valence-corrected chi connectivity index (χ1v) is 8.42.